The highest BCUT2D eigenvalue weighted by molar-refractivity contribution is 7.89. The van der Waals surface area contributed by atoms with Gasteiger partial charge in [-0.3, -0.25) is 0 Å². The summed E-state index contributed by atoms with van der Waals surface area (Å²) in [7, 11) is -4.11. The second-order valence-corrected chi connectivity index (χ2v) is 4.02. The Labute approximate surface area is 78.8 Å². The van der Waals surface area contributed by atoms with Crippen molar-refractivity contribution < 1.29 is 17.2 Å². The fourth-order valence-electron chi connectivity index (χ4n) is 0.804. The Hall–Kier alpha value is -1.28. The van der Waals surface area contributed by atoms with Gasteiger partial charge in [-0.1, -0.05) is 0 Å². The number of pyridine rings is 1. The van der Waals surface area contributed by atoms with E-state index in [2.05, 4.69) is 4.98 Å². The Morgan fingerprint density at radius 2 is 1.93 bits per heavy atom. The molecule has 0 aliphatic heterocycles. The molecule has 78 valence electrons. The van der Waals surface area contributed by atoms with Crippen molar-refractivity contribution in [3.05, 3.63) is 17.8 Å². The highest BCUT2D eigenvalue weighted by Gasteiger charge is 2.16. The first kappa shape index (κ1) is 10.8. The molecule has 5 nitrogen and oxygen atoms in total. The van der Waals surface area contributed by atoms with Gasteiger partial charge in [-0.25, -0.2) is 27.3 Å². The van der Waals surface area contributed by atoms with Crippen LogP contribution in [0.3, 0.4) is 0 Å². The van der Waals surface area contributed by atoms with E-state index in [0.29, 0.717) is 0 Å². The Bertz CT molecular complexity index is 446. The summed E-state index contributed by atoms with van der Waals surface area (Å²) in [6.45, 7) is 0. The van der Waals surface area contributed by atoms with E-state index >= 15 is 0 Å². The van der Waals surface area contributed by atoms with Crippen molar-refractivity contribution in [3.8, 4) is 0 Å². The average molecular weight is 223 g/mol. The minimum atomic E-state index is -4.11. The molecular weight excluding hydrogens is 216 g/mol. The van der Waals surface area contributed by atoms with E-state index in [1.165, 1.54) is 0 Å². The summed E-state index contributed by atoms with van der Waals surface area (Å²) in [6.07, 6.45) is -2.89. The van der Waals surface area contributed by atoms with Crippen LogP contribution in [-0.4, -0.2) is 13.4 Å². The van der Waals surface area contributed by atoms with E-state index in [1.54, 1.807) is 0 Å². The van der Waals surface area contributed by atoms with Crippen LogP contribution in [0, 0.1) is 0 Å². The summed E-state index contributed by atoms with van der Waals surface area (Å²) >= 11 is 0. The monoisotopic (exact) mass is 223 g/mol. The van der Waals surface area contributed by atoms with Crippen LogP contribution in [0.25, 0.3) is 0 Å². The minimum Gasteiger partial charge on any atom is -0.399 e. The zero-order valence-electron chi connectivity index (χ0n) is 6.81. The molecule has 0 aromatic carbocycles. The first-order chi connectivity index (χ1) is 6.30. The molecule has 1 aromatic heterocycles. The second kappa shape index (κ2) is 3.46. The van der Waals surface area contributed by atoms with E-state index in [0.717, 1.165) is 12.1 Å². The summed E-state index contributed by atoms with van der Waals surface area (Å²) < 4.78 is 45.9. The second-order valence-electron chi connectivity index (χ2n) is 2.51. The Morgan fingerprint density at radius 1 is 1.36 bits per heavy atom. The molecule has 0 fully saturated rings. The van der Waals surface area contributed by atoms with Gasteiger partial charge in [0.15, 0.2) is 5.03 Å². The van der Waals surface area contributed by atoms with Crippen LogP contribution in [0.15, 0.2) is 17.2 Å². The lowest BCUT2D eigenvalue weighted by molar-refractivity contribution is 0.145. The molecule has 0 amide bonds. The molecule has 0 atom stereocenters. The lowest BCUT2D eigenvalue weighted by Gasteiger charge is -2.03. The number of sulfonamides is 1. The summed E-state index contributed by atoms with van der Waals surface area (Å²) in [5, 5.41) is 4.04. The van der Waals surface area contributed by atoms with Gasteiger partial charge in [-0.05, 0) is 12.1 Å². The number of hydrogen-bond donors (Lipinski definition) is 2. The molecule has 0 spiro atoms. The number of primary sulfonamides is 1. The average Bonchev–Trinajstić information content (AvgIpc) is 2.01. The highest BCUT2D eigenvalue weighted by Crippen LogP contribution is 2.20. The molecule has 0 aliphatic carbocycles. The van der Waals surface area contributed by atoms with E-state index in [1.807, 2.05) is 0 Å². The van der Waals surface area contributed by atoms with Gasteiger partial charge in [0, 0.05) is 5.69 Å². The molecule has 8 heteroatoms. The SMILES string of the molecule is Nc1cc(C(F)F)nc(S(N)(=O)=O)c1. The maximum atomic E-state index is 12.2. The van der Waals surface area contributed by atoms with Crippen molar-refractivity contribution >= 4 is 15.7 Å². The van der Waals surface area contributed by atoms with Gasteiger partial charge in [0.25, 0.3) is 16.4 Å². The third kappa shape index (κ3) is 2.36. The molecule has 4 N–H and O–H groups in total. The molecule has 1 heterocycles. The molecule has 0 saturated heterocycles. The largest absolute Gasteiger partial charge is 0.399 e. The number of halogens is 2. The summed E-state index contributed by atoms with van der Waals surface area (Å²) in [5.74, 6) is 0. The van der Waals surface area contributed by atoms with Crippen molar-refractivity contribution in [3.63, 3.8) is 0 Å². The van der Waals surface area contributed by atoms with Gasteiger partial charge in [0.1, 0.15) is 5.69 Å². The molecule has 0 unspecified atom stereocenters. The van der Waals surface area contributed by atoms with E-state index in [4.69, 9.17) is 10.9 Å². The van der Waals surface area contributed by atoms with Crippen molar-refractivity contribution in [1.82, 2.24) is 4.98 Å². The predicted octanol–water partition coefficient (Wildman–Crippen LogP) is 0.249. The van der Waals surface area contributed by atoms with E-state index in [9.17, 15) is 17.2 Å². The molecule has 1 rings (SSSR count). The Kier molecular flexibility index (Phi) is 2.67. The molecular formula is C6H7F2N3O2S. The fourth-order valence-corrected chi connectivity index (χ4v) is 1.34. The van der Waals surface area contributed by atoms with Crippen LogP contribution in [0.2, 0.25) is 0 Å². The van der Waals surface area contributed by atoms with Crippen LogP contribution in [0.4, 0.5) is 14.5 Å². The maximum Gasteiger partial charge on any atom is 0.280 e. The first-order valence-electron chi connectivity index (χ1n) is 3.39. The molecule has 0 saturated carbocycles. The highest BCUT2D eigenvalue weighted by atomic mass is 32.2. The molecule has 14 heavy (non-hydrogen) atoms. The maximum absolute atomic E-state index is 12.2. The van der Waals surface area contributed by atoms with Crippen LogP contribution >= 0.6 is 0 Å². The number of nitrogens with zero attached hydrogens (tertiary/aromatic N) is 1. The zero-order chi connectivity index (χ0) is 10.9. The molecule has 0 aliphatic rings. The number of hydrogen-bond acceptors (Lipinski definition) is 4. The normalized spacial score (nSPS) is 12.0. The minimum absolute atomic E-state index is 0.126. The van der Waals surface area contributed by atoms with Gasteiger partial charge < -0.3 is 5.73 Å². The van der Waals surface area contributed by atoms with Crippen molar-refractivity contribution in [1.29, 1.82) is 0 Å². The van der Waals surface area contributed by atoms with E-state index < -0.39 is 27.2 Å². The van der Waals surface area contributed by atoms with Gasteiger partial charge in [0.2, 0.25) is 0 Å². The predicted molar refractivity (Wildman–Crippen MR) is 45.0 cm³/mol. The number of alkyl halides is 2. The lowest BCUT2D eigenvalue weighted by atomic mass is 10.3. The van der Waals surface area contributed by atoms with Crippen molar-refractivity contribution in [2.24, 2.45) is 5.14 Å². The third-order valence-corrected chi connectivity index (χ3v) is 2.15. The van der Waals surface area contributed by atoms with Gasteiger partial charge in [-0.15, -0.1) is 0 Å². The third-order valence-electron chi connectivity index (χ3n) is 1.36. The Balaban J connectivity index is 3.35. The zero-order valence-corrected chi connectivity index (χ0v) is 7.63. The number of nitrogens with two attached hydrogens (primary N) is 2. The summed E-state index contributed by atoms with van der Waals surface area (Å²) in [5.41, 5.74) is 4.36. The lowest BCUT2D eigenvalue weighted by Crippen LogP contribution is -2.15. The molecule has 0 radical (unpaired) electrons. The molecule has 1 aromatic rings. The summed E-state index contributed by atoms with van der Waals surface area (Å²) in [6, 6.07) is 1.81. The smallest absolute Gasteiger partial charge is 0.280 e. The summed E-state index contributed by atoms with van der Waals surface area (Å²) in [4.78, 5) is 3.16. The topological polar surface area (TPSA) is 99.1 Å². The quantitative estimate of drug-likeness (QED) is 0.750. The fraction of sp³-hybridized carbons (Fsp3) is 0.167. The van der Waals surface area contributed by atoms with Gasteiger partial charge in [-0.2, -0.15) is 0 Å². The van der Waals surface area contributed by atoms with E-state index in [-0.39, 0.29) is 5.69 Å². The van der Waals surface area contributed by atoms with Crippen LogP contribution in [0.1, 0.15) is 12.1 Å². The van der Waals surface area contributed by atoms with Crippen LogP contribution < -0.4 is 10.9 Å². The number of rotatable bonds is 2. The van der Waals surface area contributed by atoms with Gasteiger partial charge in [0.05, 0.1) is 0 Å². The van der Waals surface area contributed by atoms with Gasteiger partial charge >= 0.3 is 0 Å². The number of aromatic nitrogens is 1. The van der Waals surface area contributed by atoms with Crippen molar-refractivity contribution in [2.75, 3.05) is 5.73 Å². The standard InChI is InChI=1S/C6H7F2N3O2S/c7-6(8)4-1-3(9)2-5(11-4)14(10,12)13/h1-2,6H,(H2,9,11)(H2,10,12,13). The van der Waals surface area contributed by atoms with Crippen LogP contribution in [0.5, 0.6) is 0 Å². The van der Waals surface area contributed by atoms with Crippen LogP contribution in [-0.2, 0) is 10.0 Å². The first-order valence-corrected chi connectivity index (χ1v) is 4.94. The molecule has 0 bridgehead atoms. The van der Waals surface area contributed by atoms with Crippen molar-refractivity contribution in [2.45, 2.75) is 11.5 Å². The number of anilines is 1. The Morgan fingerprint density at radius 3 is 2.36 bits per heavy atom. The number of nitrogen functional groups attached to an aromatic ring is 1.